The molecule has 0 fully saturated rings. The predicted octanol–water partition coefficient (Wildman–Crippen LogP) is 2.21. The summed E-state index contributed by atoms with van der Waals surface area (Å²) in [4.78, 5) is 0. The molecule has 0 saturated carbocycles. The van der Waals surface area contributed by atoms with Gasteiger partial charge in [-0.2, -0.15) is 0 Å². The average molecular weight is 207 g/mol. The summed E-state index contributed by atoms with van der Waals surface area (Å²) >= 11 is 0. The molecular weight excluding hydrogens is 190 g/mol. The molecule has 82 valence electrons. The molecule has 0 saturated heterocycles. The van der Waals surface area contributed by atoms with Crippen LogP contribution in [0.2, 0.25) is 0 Å². The summed E-state index contributed by atoms with van der Waals surface area (Å²) in [6, 6.07) is 4.18. The zero-order valence-electron chi connectivity index (χ0n) is 9.41. The SMILES string of the molecule is COc1cc2c(cc1OC)C(N)CC2C. The van der Waals surface area contributed by atoms with Crippen LogP contribution in [0.1, 0.15) is 36.4 Å². The Kier molecular flexibility index (Phi) is 2.57. The minimum absolute atomic E-state index is 0.134. The Morgan fingerprint density at radius 2 is 1.67 bits per heavy atom. The van der Waals surface area contributed by atoms with Crippen LogP contribution in [-0.4, -0.2) is 14.2 Å². The van der Waals surface area contributed by atoms with E-state index in [1.807, 2.05) is 12.1 Å². The Morgan fingerprint density at radius 1 is 1.13 bits per heavy atom. The molecule has 1 aromatic carbocycles. The fourth-order valence-corrected chi connectivity index (χ4v) is 2.29. The van der Waals surface area contributed by atoms with Crippen molar-refractivity contribution in [2.75, 3.05) is 14.2 Å². The first kappa shape index (κ1) is 10.3. The van der Waals surface area contributed by atoms with Crippen LogP contribution in [0.15, 0.2) is 12.1 Å². The number of rotatable bonds is 2. The third-order valence-corrected chi connectivity index (χ3v) is 3.13. The Balaban J connectivity index is 2.53. The average Bonchev–Trinajstić information content (AvgIpc) is 2.52. The van der Waals surface area contributed by atoms with Gasteiger partial charge in [-0.25, -0.2) is 0 Å². The zero-order chi connectivity index (χ0) is 11.0. The van der Waals surface area contributed by atoms with E-state index in [1.165, 1.54) is 11.1 Å². The van der Waals surface area contributed by atoms with E-state index in [9.17, 15) is 0 Å². The van der Waals surface area contributed by atoms with Crippen LogP contribution in [0.3, 0.4) is 0 Å². The van der Waals surface area contributed by atoms with Gasteiger partial charge in [0.05, 0.1) is 14.2 Å². The molecule has 2 N–H and O–H groups in total. The van der Waals surface area contributed by atoms with Crippen molar-refractivity contribution in [2.45, 2.75) is 25.3 Å². The van der Waals surface area contributed by atoms with Crippen LogP contribution < -0.4 is 15.2 Å². The normalized spacial score (nSPS) is 23.7. The highest BCUT2D eigenvalue weighted by Gasteiger charge is 2.27. The van der Waals surface area contributed by atoms with Crippen LogP contribution in [-0.2, 0) is 0 Å². The van der Waals surface area contributed by atoms with E-state index in [1.54, 1.807) is 14.2 Å². The van der Waals surface area contributed by atoms with Crippen molar-refractivity contribution in [1.82, 2.24) is 0 Å². The molecule has 3 heteroatoms. The van der Waals surface area contributed by atoms with Crippen molar-refractivity contribution in [1.29, 1.82) is 0 Å². The largest absolute Gasteiger partial charge is 0.493 e. The first-order valence-corrected chi connectivity index (χ1v) is 5.18. The van der Waals surface area contributed by atoms with Crippen molar-refractivity contribution >= 4 is 0 Å². The van der Waals surface area contributed by atoms with Gasteiger partial charge in [0.2, 0.25) is 0 Å². The summed E-state index contributed by atoms with van der Waals surface area (Å²) in [7, 11) is 3.30. The second kappa shape index (κ2) is 3.74. The third kappa shape index (κ3) is 1.57. The molecule has 1 aliphatic carbocycles. The molecule has 2 rings (SSSR count). The van der Waals surface area contributed by atoms with E-state index >= 15 is 0 Å². The Labute approximate surface area is 90.2 Å². The number of nitrogens with two attached hydrogens (primary N) is 1. The number of methoxy groups -OCH3 is 2. The van der Waals surface area contributed by atoms with Gasteiger partial charge in [0.15, 0.2) is 11.5 Å². The summed E-state index contributed by atoms with van der Waals surface area (Å²) in [5.41, 5.74) is 8.54. The summed E-state index contributed by atoms with van der Waals surface area (Å²) < 4.78 is 10.5. The lowest BCUT2D eigenvalue weighted by atomic mass is 10.0. The molecule has 2 unspecified atom stereocenters. The molecule has 0 aliphatic heterocycles. The van der Waals surface area contributed by atoms with Crippen molar-refractivity contribution < 1.29 is 9.47 Å². The molecule has 1 aliphatic rings. The Morgan fingerprint density at radius 3 is 2.20 bits per heavy atom. The van der Waals surface area contributed by atoms with Crippen LogP contribution in [0.25, 0.3) is 0 Å². The molecule has 0 spiro atoms. The smallest absolute Gasteiger partial charge is 0.161 e. The molecule has 0 bridgehead atoms. The topological polar surface area (TPSA) is 44.5 Å². The maximum absolute atomic E-state index is 6.06. The number of ether oxygens (including phenoxy) is 2. The van der Waals surface area contributed by atoms with Crippen LogP contribution in [0, 0.1) is 0 Å². The van der Waals surface area contributed by atoms with E-state index < -0.39 is 0 Å². The Bertz CT molecular complexity index is 341. The minimum Gasteiger partial charge on any atom is -0.493 e. The highest BCUT2D eigenvalue weighted by Crippen LogP contribution is 2.43. The van der Waals surface area contributed by atoms with Crippen LogP contribution in [0.4, 0.5) is 0 Å². The molecule has 2 atom stereocenters. The lowest BCUT2D eigenvalue weighted by molar-refractivity contribution is 0.354. The van der Waals surface area contributed by atoms with E-state index in [0.717, 1.165) is 17.9 Å². The highest BCUT2D eigenvalue weighted by atomic mass is 16.5. The fraction of sp³-hybridized carbons (Fsp3) is 0.500. The fourth-order valence-electron chi connectivity index (χ4n) is 2.29. The van der Waals surface area contributed by atoms with E-state index in [-0.39, 0.29) is 6.04 Å². The zero-order valence-corrected chi connectivity index (χ0v) is 9.41. The number of benzene rings is 1. The molecule has 1 aromatic rings. The summed E-state index contributed by atoms with van der Waals surface area (Å²) in [6.45, 7) is 2.19. The van der Waals surface area contributed by atoms with E-state index in [0.29, 0.717) is 5.92 Å². The molecule has 0 aromatic heterocycles. The third-order valence-electron chi connectivity index (χ3n) is 3.13. The van der Waals surface area contributed by atoms with Gasteiger partial charge in [-0.05, 0) is 35.6 Å². The molecule has 15 heavy (non-hydrogen) atoms. The van der Waals surface area contributed by atoms with Gasteiger partial charge in [0.25, 0.3) is 0 Å². The molecule has 0 heterocycles. The second-order valence-electron chi connectivity index (χ2n) is 4.08. The number of hydrogen-bond acceptors (Lipinski definition) is 3. The van der Waals surface area contributed by atoms with Gasteiger partial charge >= 0.3 is 0 Å². The van der Waals surface area contributed by atoms with Crippen LogP contribution >= 0.6 is 0 Å². The maximum Gasteiger partial charge on any atom is 0.161 e. The van der Waals surface area contributed by atoms with Crippen molar-refractivity contribution in [3.63, 3.8) is 0 Å². The lowest BCUT2D eigenvalue weighted by Gasteiger charge is -2.12. The maximum atomic E-state index is 6.06. The summed E-state index contributed by atoms with van der Waals surface area (Å²) in [5.74, 6) is 2.06. The van der Waals surface area contributed by atoms with Crippen molar-refractivity contribution in [2.24, 2.45) is 5.73 Å². The van der Waals surface area contributed by atoms with Gasteiger partial charge in [0.1, 0.15) is 0 Å². The predicted molar refractivity (Wildman–Crippen MR) is 59.5 cm³/mol. The second-order valence-corrected chi connectivity index (χ2v) is 4.08. The first-order valence-electron chi connectivity index (χ1n) is 5.18. The first-order chi connectivity index (χ1) is 7.17. The van der Waals surface area contributed by atoms with Gasteiger partial charge < -0.3 is 15.2 Å². The minimum atomic E-state index is 0.134. The van der Waals surface area contributed by atoms with Gasteiger partial charge in [-0.15, -0.1) is 0 Å². The van der Waals surface area contributed by atoms with Crippen LogP contribution in [0.5, 0.6) is 11.5 Å². The summed E-state index contributed by atoms with van der Waals surface area (Å²) in [5, 5.41) is 0. The lowest BCUT2D eigenvalue weighted by Crippen LogP contribution is -2.05. The number of hydrogen-bond donors (Lipinski definition) is 1. The van der Waals surface area contributed by atoms with E-state index in [4.69, 9.17) is 15.2 Å². The Hall–Kier alpha value is -1.22. The summed E-state index contributed by atoms with van der Waals surface area (Å²) in [6.07, 6.45) is 1.01. The highest BCUT2D eigenvalue weighted by molar-refractivity contribution is 5.51. The number of fused-ring (bicyclic) bond motifs is 1. The monoisotopic (exact) mass is 207 g/mol. The van der Waals surface area contributed by atoms with Gasteiger partial charge in [0, 0.05) is 6.04 Å². The molecule has 0 radical (unpaired) electrons. The van der Waals surface area contributed by atoms with Gasteiger partial charge in [-0.1, -0.05) is 6.92 Å². The molecular formula is C12H17NO2. The molecule has 3 nitrogen and oxygen atoms in total. The van der Waals surface area contributed by atoms with E-state index in [2.05, 4.69) is 6.92 Å². The molecule has 0 amide bonds. The quantitative estimate of drug-likeness (QED) is 0.808. The van der Waals surface area contributed by atoms with Gasteiger partial charge in [-0.3, -0.25) is 0 Å². The van der Waals surface area contributed by atoms with Crippen molar-refractivity contribution in [3.8, 4) is 11.5 Å². The van der Waals surface area contributed by atoms with Crippen molar-refractivity contribution in [3.05, 3.63) is 23.3 Å². The standard InChI is InChI=1S/C12H17NO2/c1-7-4-10(13)9-6-12(15-3)11(14-2)5-8(7)9/h5-7,10H,4,13H2,1-3H3.